The van der Waals surface area contributed by atoms with Crippen molar-refractivity contribution < 1.29 is 13.2 Å². The number of nitrogens with one attached hydrogen (secondary N) is 1. The van der Waals surface area contributed by atoms with Crippen molar-refractivity contribution in [3.05, 3.63) is 41.3 Å². The van der Waals surface area contributed by atoms with Crippen LogP contribution in [-0.4, -0.2) is 21.6 Å². The van der Waals surface area contributed by atoms with Gasteiger partial charge in [-0.25, -0.2) is 8.42 Å². The average molecular weight is 326 g/mol. The quantitative estimate of drug-likeness (QED) is 0.819. The first-order valence-electron chi connectivity index (χ1n) is 6.59. The van der Waals surface area contributed by atoms with Gasteiger partial charge in [-0.15, -0.1) is 11.3 Å². The monoisotopic (exact) mass is 326 g/mol. The topological polar surface area (TPSA) is 81.4 Å². The third kappa shape index (κ3) is 4.20. The number of nitrogens with two attached hydrogens (primary N) is 1. The van der Waals surface area contributed by atoms with Crippen molar-refractivity contribution in [2.75, 3.05) is 17.9 Å². The molecule has 1 heterocycles. The largest absolute Gasteiger partial charge is 0.492 e. The number of hydrogen-bond donors (Lipinski definition) is 2. The minimum Gasteiger partial charge on any atom is -0.492 e. The summed E-state index contributed by atoms with van der Waals surface area (Å²) in [5.74, 6) is 0.584. The van der Waals surface area contributed by atoms with E-state index >= 15 is 0 Å². The zero-order chi connectivity index (χ0) is 15.3. The highest BCUT2D eigenvalue weighted by Gasteiger charge is 2.16. The number of hydrogen-bond acceptors (Lipinski definition) is 5. The van der Waals surface area contributed by atoms with E-state index in [-0.39, 0.29) is 0 Å². The number of ether oxygens (including phenoxy) is 1. The summed E-state index contributed by atoms with van der Waals surface area (Å²) in [4.78, 5) is 1.04. The lowest BCUT2D eigenvalue weighted by Crippen LogP contribution is -2.12. The average Bonchev–Trinajstić information content (AvgIpc) is 2.95. The second kappa shape index (κ2) is 6.93. The molecule has 0 aliphatic carbocycles. The molecule has 1 aromatic carbocycles. The fourth-order valence-corrected chi connectivity index (χ4v) is 4.07. The summed E-state index contributed by atoms with van der Waals surface area (Å²) in [7, 11) is -3.55. The van der Waals surface area contributed by atoms with Crippen LogP contribution in [0.1, 0.15) is 11.8 Å². The van der Waals surface area contributed by atoms with E-state index in [0.717, 1.165) is 11.3 Å². The van der Waals surface area contributed by atoms with Crippen LogP contribution in [0.2, 0.25) is 0 Å². The number of anilines is 1. The molecule has 0 saturated heterocycles. The van der Waals surface area contributed by atoms with E-state index in [2.05, 4.69) is 4.72 Å². The van der Waals surface area contributed by atoms with Gasteiger partial charge in [0.25, 0.3) is 10.0 Å². The Bertz CT molecular complexity index is 696. The molecule has 0 spiro atoms. The summed E-state index contributed by atoms with van der Waals surface area (Å²) in [6, 6.07) is 10.3. The summed E-state index contributed by atoms with van der Waals surface area (Å²) in [5, 5.41) is 0. The predicted molar refractivity (Wildman–Crippen MR) is 85.5 cm³/mol. The zero-order valence-corrected chi connectivity index (χ0v) is 13.3. The highest BCUT2D eigenvalue weighted by molar-refractivity contribution is 7.94. The molecule has 0 aliphatic heterocycles. The van der Waals surface area contributed by atoms with Crippen LogP contribution in [0.5, 0.6) is 5.75 Å². The van der Waals surface area contributed by atoms with Crippen molar-refractivity contribution in [3.63, 3.8) is 0 Å². The molecule has 0 radical (unpaired) electrons. The van der Waals surface area contributed by atoms with Gasteiger partial charge in [0.2, 0.25) is 0 Å². The zero-order valence-electron chi connectivity index (χ0n) is 11.7. The molecule has 0 aliphatic rings. The fraction of sp³-hybridized carbons (Fsp3) is 0.286. The summed E-state index contributed by atoms with van der Waals surface area (Å²) in [6.07, 6.45) is 0.822. The number of aryl methyl sites for hydroxylation is 1. The Morgan fingerprint density at radius 1 is 1.29 bits per heavy atom. The maximum absolute atomic E-state index is 12.3. The summed E-state index contributed by atoms with van der Waals surface area (Å²) in [6.45, 7) is 2.79. The van der Waals surface area contributed by atoms with E-state index in [1.807, 2.05) is 13.0 Å². The highest BCUT2D eigenvalue weighted by atomic mass is 32.2. The molecule has 114 valence electrons. The van der Waals surface area contributed by atoms with Crippen LogP contribution in [0, 0.1) is 0 Å². The van der Waals surface area contributed by atoms with E-state index in [9.17, 15) is 8.42 Å². The molecular formula is C14H18N2O3S2. The third-order valence-corrected chi connectivity index (χ3v) is 5.83. The van der Waals surface area contributed by atoms with Gasteiger partial charge in [-0.3, -0.25) is 4.72 Å². The van der Waals surface area contributed by atoms with Crippen LogP contribution in [0.25, 0.3) is 0 Å². The van der Waals surface area contributed by atoms with Crippen LogP contribution in [0.15, 0.2) is 40.6 Å². The van der Waals surface area contributed by atoms with Crippen molar-refractivity contribution >= 4 is 27.0 Å². The summed E-state index contributed by atoms with van der Waals surface area (Å²) < 4.78 is 32.8. The second-order valence-electron chi connectivity index (χ2n) is 4.34. The Kier molecular flexibility index (Phi) is 5.22. The number of sulfonamides is 1. The maximum Gasteiger partial charge on any atom is 0.271 e. The lowest BCUT2D eigenvalue weighted by atomic mass is 10.3. The van der Waals surface area contributed by atoms with Crippen LogP contribution in [0.4, 0.5) is 5.69 Å². The number of thiophene rings is 1. The van der Waals surface area contributed by atoms with Gasteiger partial charge in [-0.05, 0) is 30.7 Å². The van der Waals surface area contributed by atoms with Crippen molar-refractivity contribution in [1.29, 1.82) is 0 Å². The molecule has 0 saturated carbocycles. The van der Waals surface area contributed by atoms with Crippen molar-refractivity contribution in [2.45, 2.75) is 17.6 Å². The molecule has 7 heteroatoms. The van der Waals surface area contributed by atoms with Gasteiger partial charge in [-0.2, -0.15) is 0 Å². The molecule has 0 fully saturated rings. The van der Waals surface area contributed by atoms with E-state index in [1.54, 1.807) is 30.3 Å². The normalized spacial score (nSPS) is 11.3. The number of rotatable bonds is 7. The molecule has 2 aromatic rings. The van der Waals surface area contributed by atoms with Crippen LogP contribution >= 0.6 is 11.3 Å². The second-order valence-corrected chi connectivity index (χ2v) is 7.42. The highest BCUT2D eigenvalue weighted by Crippen LogP contribution is 2.25. The van der Waals surface area contributed by atoms with E-state index in [4.69, 9.17) is 10.5 Å². The van der Waals surface area contributed by atoms with Gasteiger partial charge in [0.15, 0.2) is 0 Å². The molecule has 2 rings (SSSR count). The Morgan fingerprint density at radius 3 is 2.76 bits per heavy atom. The van der Waals surface area contributed by atoms with Gasteiger partial charge in [-0.1, -0.05) is 13.0 Å². The van der Waals surface area contributed by atoms with Crippen molar-refractivity contribution in [2.24, 2.45) is 5.73 Å². The van der Waals surface area contributed by atoms with Gasteiger partial charge in [0.05, 0.1) is 5.69 Å². The summed E-state index contributed by atoms with van der Waals surface area (Å²) >= 11 is 1.28. The molecule has 0 atom stereocenters. The van der Waals surface area contributed by atoms with Crippen LogP contribution in [0.3, 0.4) is 0 Å². The minimum atomic E-state index is -3.55. The van der Waals surface area contributed by atoms with Crippen molar-refractivity contribution in [3.8, 4) is 5.75 Å². The standard InChI is InChI=1S/C14H18N2O3S2/c1-2-13-6-7-14(20-13)21(17,18)16-11-4-3-5-12(10-11)19-9-8-15/h3-7,10,16H,2,8-9,15H2,1H3. The SMILES string of the molecule is CCc1ccc(S(=O)(=O)Nc2cccc(OCCN)c2)s1. The molecule has 0 bridgehead atoms. The van der Waals surface area contributed by atoms with Crippen LogP contribution in [-0.2, 0) is 16.4 Å². The maximum atomic E-state index is 12.3. The first-order valence-corrected chi connectivity index (χ1v) is 8.89. The van der Waals surface area contributed by atoms with E-state index < -0.39 is 10.0 Å². The van der Waals surface area contributed by atoms with Gasteiger partial charge in [0.1, 0.15) is 16.6 Å². The Balaban J connectivity index is 2.16. The molecule has 3 N–H and O–H groups in total. The van der Waals surface area contributed by atoms with Crippen molar-refractivity contribution in [1.82, 2.24) is 0 Å². The van der Waals surface area contributed by atoms with E-state index in [0.29, 0.717) is 28.8 Å². The van der Waals surface area contributed by atoms with E-state index in [1.165, 1.54) is 11.3 Å². The smallest absolute Gasteiger partial charge is 0.271 e. The molecule has 0 unspecified atom stereocenters. The van der Waals surface area contributed by atoms with Gasteiger partial charge in [0, 0.05) is 17.5 Å². The minimum absolute atomic E-state index is 0.313. The Morgan fingerprint density at radius 2 is 2.10 bits per heavy atom. The van der Waals surface area contributed by atoms with Gasteiger partial charge < -0.3 is 10.5 Å². The third-order valence-electron chi connectivity index (χ3n) is 2.72. The predicted octanol–water partition coefficient (Wildman–Crippen LogP) is 2.45. The molecular weight excluding hydrogens is 308 g/mol. The Hall–Kier alpha value is -1.57. The summed E-state index contributed by atoms with van der Waals surface area (Å²) in [5.41, 5.74) is 5.84. The molecule has 5 nitrogen and oxygen atoms in total. The first kappa shape index (κ1) is 15.8. The number of benzene rings is 1. The van der Waals surface area contributed by atoms with Crippen LogP contribution < -0.4 is 15.2 Å². The van der Waals surface area contributed by atoms with Gasteiger partial charge >= 0.3 is 0 Å². The first-order chi connectivity index (χ1) is 10.0. The Labute approximate surface area is 128 Å². The lowest BCUT2D eigenvalue weighted by Gasteiger charge is -2.09. The molecule has 0 amide bonds. The lowest BCUT2D eigenvalue weighted by molar-refractivity contribution is 0.328. The molecule has 1 aromatic heterocycles. The molecule has 21 heavy (non-hydrogen) atoms. The fourth-order valence-electron chi connectivity index (χ4n) is 1.72.